The molecule has 0 saturated carbocycles. The Hall–Kier alpha value is -4.44. The van der Waals surface area contributed by atoms with E-state index in [1.165, 1.54) is 6.33 Å². The number of nitrogens with zero attached hydrogens (tertiary/aromatic N) is 6. The first kappa shape index (κ1) is 25.2. The monoisotopic (exact) mass is 511 g/mol. The lowest BCUT2D eigenvalue weighted by atomic mass is 10.1. The Morgan fingerprint density at radius 1 is 0.947 bits per heavy atom. The van der Waals surface area contributed by atoms with E-state index in [0.29, 0.717) is 22.9 Å². The van der Waals surface area contributed by atoms with Crippen molar-refractivity contribution >= 4 is 34.6 Å². The number of carbonyl (C=O) groups excluding carboxylic acids is 1. The molecule has 0 atom stereocenters. The zero-order valence-corrected chi connectivity index (χ0v) is 22.2. The number of likely N-dealkylation sites (N-methyl/N-ethyl adjacent to an activating group) is 1. The predicted octanol–water partition coefficient (Wildman–Crippen LogP) is 4.07. The first-order chi connectivity index (χ1) is 18.4. The predicted molar refractivity (Wildman–Crippen MR) is 152 cm³/mol. The Kier molecular flexibility index (Phi) is 7.23. The van der Waals surface area contributed by atoms with Crippen LogP contribution in [-0.2, 0) is 0 Å². The number of carbonyl (C=O) groups is 1. The lowest BCUT2D eigenvalue weighted by Crippen LogP contribution is -2.44. The molecule has 2 aromatic carbocycles. The molecule has 196 valence electrons. The van der Waals surface area contributed by atoms with Crippen molar-refractivity contribution in [3.05, 3.63) is 77.7 Å². The highest BCUT2D eigenvalue weighted by Gasteiger charge is 2.17. The molecular formula is C28H33N9O. The quantitative estimate of drug-likeness (QED) is 0.341. The van der Waals surface area contributed by atoms with Crippen LogP contribution in [0.2, 0.25) is 0 Å². The third-order valence-corrected chi connectivity index (χ3v) is 6.72. The molecule has 1 aliphatic heterocycles. The van der Waals surface area contributed by atoms with E-state index in [9.17, 15) is 4.79 Å². The Morgan fingerprint density at radius 2 is 1.76 bits per heavy atom. The molecule has 1 aliphatic rings. The Labute approximate surface area is 222 Å². The average Bonchev–Trinajstić information content (AvgIpc) is 3.39. The van der Waals surface area contributed by atoms with E-state index in [1.807, 2.05) is 63.4 Å². The van der Waals surface area contributed by atoms with E-state index >= 15 is 0 Å². The number of rotatable bonds is 7. The third kappa shape index (κ3) is 5.60. The second kappa shape index (κ2) is 10.9. The molecule has 0 unspecified atom stereocenters. The lowest BCUT2D eigenvalue weighted by molar-refractivity contribution is 0.102. The Bertz CT molecular complexity index is 1440. The molecule has 1 amide bonds. The maximum atomic E-state index is 13.3. The number of aromatic nitrogens is 4. The summed E-state index contributed by atoms with van der Waals surface area (Å²) in [6.45, 7) is 7.99. The Balaban J connectivity index is 1.34. The van der Waals surface area contributed by atoms with Gasteiger partial charge < -0.3 is 25.8 Å². The summed E-state index contributed by atoms with van der Waals surface area (Å²) in [5.41, 5.74) is 5.40. The van der Waals surface area contributed by atoms with Crippen molar-refractivity contribution in [3.63, 3.8) is 0 Å². The van der Waals surface area contributed by atoms with Gasteiger partial charge in [0.2, 0.25) is 0 Å². The van der Waals surface area contributed by atoms with Crippen LogP contribution in [0.3, 0.4) is 0 Å². The molecule has 3 heterocycles. The van der Waals surface area contributed by atoms with Crippen LogP contribution in [0.25, 0.3) is 5.82 Å². The number of amides is 1. The van der Waals surface area contributed by atoms with Crippen LogP contribution in [-0.4, -0.2) is 70.8 Å². The molecule has 2 aromatic heterocycles. The highest BCUT2D eigenvalue weighted by atomic mass is 16.1. The summed E-state index contributed by atoms with van der Waals surface area (Å²) in [7, 11) is 3.95. The van der Waals surface area contributed by atoms with Crippen molar-refractivity contribution in [2.75, 3.05) is 61.1 Å². The summed E-state index contributed by atoms with van der Waals surface area (Å²) in [5.74, 6) is 1.94. The second-order valence-electron chi connectivity index (χ2n) is 9.60. The number of benzene rings is 2. The fraction of sp³-hybridized carbons (Fsp3) is 0.286. The smallest absolute Gasteiger partial charge is 0.255 e. The molecule has 1 saturated heterocycles. The number of anilines is 5. The largest absolute Gasteiger partial charge is 0.373 e. The van der Waals surface area contributed by atoms with Gasteiger partial charge in [-0.3, -0.25) is 4.79 Å². The first-order valence-corrected chi connectivity index (χ1v) is 12.7. The van der Waals surface area contributed by atoms with Gasteiger partial charge >= 0.3 is 0 Å². The van der Waals surface area contributed by atoms with Gasteiger partial charge in [0.1, 0.15) is 18.0 Å². The van der Waals surface area contributed by atoms with Gasteiger partial charge in [0.15, 0.2) is 5.82 Å². The minimum absolute atomic E-state index is 0.135. The van der Waals surface area contributed by atoms with Crippen LogP contribution in [0.5, 0.6) is 0 Å². The first-order valence-electron chi connectivity index (χ1n) is 12.7. The van der Waals surface area contributed by atoms with Gasteiger partial charge in [0, 0.05) is 68.0 Å². The zero-order chi connectivity index (χ0) is 26.6. The minimum atomic E-state index is -0.135. The molecule has 10 nitrogen and oxygen atoms in total. The topological polar surface area (TPSA) is 103 Å². The summed E-state index contributed by atoms with van der Waals surface area (Å²) in [5, 5.41) is 13.9. The van der Waals surface area contributed by atoms with E-state index in [4.69, 9.17) is 0 Å². The van der Waals surface area contributed by atoms with E-state index in [1.54, 1.807) is 10.9 Å². The average molecular weight is 512 g/mol. The summed E-state index contributed by atoms with van der Waals surface area (Å²) in [4.78, 5) is 26.5. The van der Waals surface area contributed by atoms with Gasteiger partial charge in [-0.05, 0) is 62.4 Å². The summed E-state index contributed by atoms with van der Waals surface area (Å²) >= 11 is 0. The molecule has 0 bridgehead atoms. The lowest BCUT2D eigenvalue weighted by Gasteiger charge is -2.34. The third-order valence-electron chi connectivity index (χ3n) is 6.72. The van der Waals surface area contributed by atoms with E-state index in [2.05, 4.69) is 53.9 Å². The fourth-order valence-electron chi connectivity index (χ4n) is 4.50. The van der Waals surface area contributed by atoms with Gasteiger partial charge in [-0.2, -0.15) is 9.78 Å². The molecule has 5 rings (SSSR count). The number of piperazine rings is 1. The summed E-state index contributed by atoms with van der Waals surface area (Å²) in [6.07, 6.45) is 3.20. The van der Waals surface area contributed by atoms with Crippen LogP contribution in [0, 0.1) is 13.8 Å². The molecule has 1 fully saturated rings. The van der Waals surface area contributed by atoms with Gasteiger partial charge in [-0.1, -0.05) is 6.07 Å². The van der Waals surface area contributed by atoms with Gasteiger partial charge in [-0.25, -0.2) is 9.97 Å². The zero-order valence-electron chi connectivity index (χ0n) is 22.2. The number of nitrogens with one attached hydrogen (secondary N) is 3. The molecule has 0 radical (unpaired) electrons. The molecule has 0 spiro atoms. The van der Waals surface area contributed by atoms with Crippen molar-refractivity contribution < 1.29 is 4.79 Å². The SMILES string of the molecule is CNc1cc(-n2nccc2Nc2cc(NC(=O)c3cc(C)cc(N4CCN(C)CC4)c3)ccc2C)ncn1. The molecule has 3 N–H and O–H groups in total. The molecule has 38 heavy (non-hydrogen) atoms. The standard InChI is InChI=1S/C28H33N9O/c1-19-13-21(15-23(14-19)36-11-9-35(4)10-12-36)28(38)33-22-6-5-20(2)24(16-22)34-26-7-8-32-37(26)27-17-25(29-3)30-18-31-27/h5-8,13-18,34H,9-12H2,1-4H3,(H,33,38)(H,29,30,31). The van der Waals surface area contributed by atoms with Crippen molar-refractivity contribution in [2.45, 2.75) is 13.8 Å². The van der Waals surface area contributed by atoms with Crippen molar-refractivity contribution in [1.82, 2.24) is 24.6 Å². The van der Waals surface area contributed by atoms with E-state index in [-0.39, 0.29) is 5.91 Å². The van der Waals surface area contributed by atoms with Crippen molar-refractivity contribution in [3.8, 4) is 5.82 Å². The van der Waals surface area contributed by atoms with Gasteiger partial charge in [0.25, 0.3) is 5.91 Å². The van der Waals surface area contributed by atoms with Crippen molar-refractivity contribution in [1.29, 1.82) is 0 Å². The van der Waals surface area contributed by atoms with Crippen LogP contribution < -0.4 is 20.9 Å². The van der Waals surface area contributed by atoms with Crippen LogP contribution in [0.15, 0.2) is 61.1 Å². The highest BCUT2D eigenvalue weighted by molar-refractivity contribution is 6.05. The van der Waals surface area contributed by atoms with Crippen LogP contribution in [0.1, 0.15) is 21.5 Å². The van der Waals surface area contributed by atoms with Gasteiger partial charge in [-0.15, -0.1) is 0 Å². The van der Waals surface area contributed by atoms with E-state index < -0.39 is 0 Å². The summed E-state index contributed by atoms with van der Waals surface area (Å²) in [6, 6.07) is 15.6. The normalized spacial score (nSPS) is 13.8. The van der Waals surface area contributed by atoms with Gasteiger partial charge in [0.05, 0.1) is 6.20 Å². The maximum Gasteiger partial charge on any atom is 0.255 e. The molecule has 0 aliphatic carbocycles. The Morgan fingerprint density at radius 3 is 2.55 bits per heavy atom. The minimum Gasteiger partial charge on any atom is -0.373 e. The van der Waals surface area contributed by atoms with Crippen LogP contribution in [0.4, 0.5) is 28.7 Å². The number of hydrogen-bond acceptors (Lipinski definition) is 8. The van der Waals surface area contributed by atoms with Crippen LogP contribution >= 0.6 is 0 Å². The number of aryl methyl sites for hydroxylation is 2. The van der Waals surface area contributed by atoms with Crippen molar-refractivity contribution in [2.24, 2.45) is 0 Å². The second-order valence-corrected chi connectivity index (χ2v) is 9.60. The number of hydrogen-bond donors (Lipinski definition) is 3. The molecular weight excluding hydrogens is 478 g/mol. The highest BCUT2D eigenvalue weighted by Crippen LogP contribution is 2.27. The molecule has 10 heteroatoms. The molecule has 4 aromatic rings. The summed E-state index contributed by atoms with van der Waals surface area (Å²) < 4.78 is 1.71. The maximum absolute atomic E-state index is 13.3. The fourth-order valence-corrected chi connectivity index (χ4v) is 4.50. The van der Waals surface area contributed by atoms with E-state index in [0.717, 1.165) is 54.5 Å².